The van der Waals surface area contributed by atoms with Crippen LogP contribution in [-0.2, 0) is 4.79 Å². The van der Waals surface area contributed by atoms with Crippen molar-refractivity contribution in [2.24, 2.45) is 0 Å². The van der Waals surface area contributed by atoms with E-state index in [0.29, 0.717) is 10.7 Å². The van der Waals surface area contributed by atoms with E-state index < -0.39 is 0 Å². The Kier molecular flexibility index (Phi) is 4.80. The van der Waals surface area contributed by atoms with E-state index in [1.807, 2.05) is 24.3 Å². The number of amides is 1. The second-order valence-electron chi connectivity index (χ2n) is 4.11. The Balaban J connectivity index is 1.99. The Morgan fingerprint density at radius 2 is 1.95 bits per heavy atom. The lowest BCUT2D eigenvalue weighted by Gasteiger charge is -2.02. The van der Waals surface area contributed by atoms with E-state index in [1.165, 1.54) is 6.08 Å². The van der Waals surface area contributed by atoms with Crippen LogP contribution in [0.4, 0.5) is 5.69 Å². The van der Waals surface area contributed by atoms with Crippen molar-refractivity contribution in [2.45, 2.75) is 0 Å². The predicted octanol–water partition coefficient (Wildman–Crippen LogP) is 4.00. The largest absolute Gasteiger partial charge is 0.497 e. The number of methoxy groups -OCH3 is 1. The predicted molar refractivity (Wildman–Crippen MR) is 82.1 cm³/mol. The summed E-state index contributed by atoms with van der Waals surface area (Å²) in [5.74, 6) is 0.556. The average Bonchev–Trinajstić information content (AvgIpc) is 2.48. The van der Waals surface area contributed by atoms with Gasteiger partial charge in [-0.25, -0.2) is 0 Å². The Bertz CT molecular complexity index is 621. The molecular formula is C16H14ClNO2. The van der Waals surface area contributed by atoms with Crippen molar-refractivity contribution in [3.8, 4) is 5.75 Å². The standard InChI is InChI=1S/C16H14ClNO2/c1-20-15-4-2-3-12(11-15)5-10-16(19)18-14-8-6-13(17)7-9-14/h2-11H,1H3,(H,18,19)/b10-5+. The average molecular weight is 288 g/mol. The highest BCUT2D eigenvalue weighted by atomic mass is 35.5. The molecule has 0 fully saturated rings. The SMILES string of the molecule is COc1cccc(/C=C/C(=O)Nc2ccc(Cl)cc2)c1. The topological polar surface area (TPSA) is 38.3 Å². The Labute approximate surface area is 122 Å². The first kappa shape index (κ1) is 14.2. The van der Waals surface area contributed by atoms with Crippen LogP contribution in [0.15, 0.2) is 54.6 Å². The van der Waals surface area contributed by atoms with Crippen molar-refractivity contribution >= 4 is 29.3 Å². The van der Waals surface area contributed by atoms with Crippen LogP contribution in [0.25, 0.3) is 6.08 Å². The maximum absolute atomic E-state index is 11.8. The molecule has 2 aromatic rings. The minimum atomic E-state index is -0.199. The molecule has 0 spiro atoms. The molecule has 0 unspecified atom stereocenters. The molecule has 2 rings (SSSR count). The van der Waals surface area contributed by atoms with Crippen LogP contribution in [0, 0.1) is 0 Å². The minimum Gasteiger partial charge on any atom is -0.497 e. The van der Waals surface area contributed by atoms with Gasteiger partial charge in [0.25, 0.3) is 0 Å². The van der Waals surface area contributed by atoms with Gasteiger partial charge < -0.3 is 10.1 Å². The highest BCUT2D eigenvalue weighted by Gasteiger charge is 1.98. The van der Waals surface area contributed by atoms with Crippen molar-refractivity contribution in [2.75, 3.05) is 12.4 Å². The third-order valence-electron chi connectivity index (χ3n) is 2.63. The first-order valence-electron chi connectivity index (χ1n) is 6.06. The molecule has 0 saturated carbocycles. The second-order valence-corrected chi connectivity index (χ2v) is 4.54. The molecule has 3 nitrogen and oxygen atoms in total. The molecule has 0 radical (unpaired) electrons. The van der Waals surface area contributed by atoms with Gasteiger partial charge in [0.1, 0.15) is 5.75 Å². The number of carbonyl (C=O) groups is 1. The summed E-state index contributed by atoms with van der Waals surface area (Å²) in [5, 5.41) is 3.39. The fraction of sp³-hybridized carbons (Fsp3) is 0.0625. The zero-order chi connectivity index (χ0) is 14.4. The van der Waals surface area contributed by atoms with E-state index >= 15 is 0 Å². The van der Waals surface area contributed by atoms with E-state index in [1.54, 1.807) is 37.5 Å². The zero-order valence-corrected chi connectivity index (χ0v) is 11.7. The van der Waals surface area contributed by atoms with Crippen LogP contribution in [0.5, 0.6) is 5.75 Å². The van der Waals surface area contributed by atoms with Crippen molar-refractivity contribution in [1.29, 1.82) is 0 Å². The molecule has 20 heavy (non-hydrogen) atoms. The van der Waals surface area contributed by atoms with Crippen LogP contribution in [0.1, 0.15) is 5.56 Å². The number of rotatable bonds is 4. The summed E-state index contributed by atoms with van der Waals surface area (Å²) < 4.78 is 5.12. The molecule has 1 amide bonds. The van der Waals surface area contributed by atoms with E-state index in [0.717, 1.165) is 11.3 Å². The molecule has 0 heterocycles. The molecule has 0 aromatic heterocycles. The lowest BCUT2D eigenvalue weighted by Crippen LogP contribution is -2.07. The highest BCUT2D eigenvalue weighted by Crippen LogP contribution is 2.15. The molecule has 0 atom stereocenters. The molecule has 1 N–H and O–H groups in total. The summed E-state index contributed by atoms with van der Waals surface area (Å²) in [6.45, 7) is 0. The van der Waals surface area contributed by atoms with Gasteiger partial charge in [0.05, 0.1) is 7.11 Å². The van der Waals surface area contributed by atoms with Gasteiger partial charge in [-0.3, -0.25) is 4.79 Å². The third-order valence-corrected chi connectivity index (χ3v) is 2.88. The first-order valence-corrected chi connectivity index (χ1v) is 6.44. The number of hydrogen-bond donors (Lipinski definition) is 1. The number of halogens is 1. The summed E-state index contributed by atoms with van der Waals surface area (Å²) in [7, 11) is 1.61. The zero-order valence-electron chi connectivity index (χ0n) is 11.0. The van der Waals surface area contributed by atoms with Gasteiger partial charge in [-0.1, -0.05) is 23.7 Å². The van der Waals surface area contributed by atoms with Crippen molar-refractivity contribution in [3.63, 3.8) is 0 Å². The van der Waals surface area contributed by atoms with Crippen LogP contribution in [0.2, 0.25) is 5.02 Å². The normalized spacial score (nSPS) is 10.5. The van der Waals surface area contributed by atoms with Crippen LogP contribution in [-0.4, -0.2) is 13.0 Å². The second kappa shape index (κ2) is 6.78. The Morgan fingerprint density at radius 3 is 2.65 bits per heavy atom. The lowest BCUT2D eigenvalue weighted by molar-refractivity contribution is -0.111. The Hall–Kier alpha value is -2.26. The van der Waals surface area contributed by atoms with Crippen LogP contribution in [0.3, 0.4) is 0 Å². The number of nitrogens with one attached hydrogen (secondary N) is 1. The van der Waals surface area contributed by atoms with Crippen molar-refractivity contribution < 1.29 is 9.53 Å². The summed E-state index contributed by atoms with van der Waals surface area (Å²) in [6, 6.07) is 14.4. The number of benzene rings is 2. The summed E-state index contributed by atoms with van der Waals surface area (Å²) in [6.07, 6.45) is 3.21. The van der Waals surface area contributed by atoms with Gasteiger partial charge in [0, 0.05) is 16.8 Å². The number of ether oxygens (including phenoxy) is 1. The van der Waals surface area contributed by atoms with Gasteiger partial charge in [-0.05, 0) is 48.0 Å². The quantitative estimate of drug-likeness (QED) is 0.863. The summed E-state index contributed by atoms with van der Waals surface area (Å²) in [5.41, 5.74) is 1.60. The van der Waals surface area contributed by atoms with Gasteiger partial charge in [0.15, 0.2) is 0 Å². The fourth-order valence-electron chi connectivity index (χ4n) is 1.63. The molecule has 2 aromatic carbocycles. The number of carbonyl (C=O) groups excluding carboxylic acids is 1. The first-order chi connectivity index (χ1) is 9.67. The maximum atomic E-state index is 11.8. The number of hydrogen-bond acceptors (Lipinski definition) is 2. The van der Waals surface area contributed by atoms with Gasteiger partial charge in [-0.15, -0.1) is 0 Å². The molecule has 0 bridgehead atoms. The Morgan fingerprint density at radius 1 is 1.20 bits per heavy atom. The van der Waals surface area contributed by atoms with E-state index in [2.05, 4.69) is 5.32 Å². The fourth-order valence-corrected chi connectivity index (χ4v) is 1.76. The maximum Gasteiger partial charge on any atom is 0.248 e. The summed E-state index contributed by atoms with van der Waals surface area (Å²) in [4.78, 5) is 11.8. The molecule has 0 aliphatic heterocycles. The van der Waals surface area contributed by atoms with Crippen molar-refractivity contribution in [1.82, 2.24) is 0 Å². The van der Waals surface area contributed by atoms with E-state index in [9.17, 15) is 4.79 Å². The molecule has 0 aliphatic carbocycles. The molecule has 4 heteroatoms. The number of anilines is 1. The molecule has 0 aliphatic rings. The van der Waals surface area contributed by atoms with Gasteiger partial charge in [-0.2, -0.15) is 0 Å². The molecule has 102 valence electrons. The van der Waals surface area contributed by atoms with E-state index in [4.69, 9.17) is 16.3 Å². The highest BCUT2D eigenvalue weighted by molar-refractivity contribution is 6.30. The minimum absolute atomic E-state index is 0.199. The molecular weight excluding hydrogens is 274 g/mol. The smallest absolute Gasteiger partial charge is 0.248 e. The van der Waals surface area contributed by atoms with Crippen molar-refractivity contribution in [3.05, 3.63) is 65.2 Å². The third kappa shape index (κ3) is 4.14. The van der Waals surface area contributed by atoms with Crippen LogP contribution < -0.4 is 10.1 Å². The van der Waals surface area contributed by atoms with Gasteiger partial charge in [0.2, 0.25) is 5.91 Å². The monoisotopic (exact) mass is 287 g/mol. The van der Waals surface area contributed by atoms with Crippen LogP contribution >= 0.6 is 11.6 Å². The van der Waals surface area contributed by atoms with Gasteiger partial charge >= 0.3 is 0 Å². The molecule has 0 saturated heterocycles. The lowest BCUT2D eigenvalue weighted by atomic mass is 10.2. The van der Waals surface area contributed by atoms with E-state index in [-0.39, 0.29) is 5.91 Å². The summed E-state index contributed by atoms with van der Waals surface area (Å²) >= 11 is 5.78.